The summed E-state index contributed by atoms with van der Waals surface area (Å²) in [5.74, 6) is -2.94. The highest BCUT2D eigenvalue weighted by molar-refractivity contribution is 5.84. The van der Waals surface area contributed by atoms with E-state index in [2.05, 4.69) is 4.90 Å². The Morgan fingerprint density at radius 3 is 2.30 bits per heavy atom. The Labute approximate surface area is 176 Å². The summed E-state index contributed by atoms with van der Waals surface area (Å²) in [4.78, 5) is 50.0. The van der Waals surface area contributed by atoms with Crippen LogP contribution in [0.2, 0.25) is 0 Å². The number of carbonyl (C=O) groups is 4. The molecule has 4 atom stereocenters. The lowest BCUT2D eigenvalue weighted by atomic mass is 9.85. The smallest absolute Gasteiger partial charge is 0.355 e. The van der Waals surface area contributed by atoms with E-state index in [9.17, 15) is 19.2 Å². The van der Waals surface area contributed by atoms with Crippen LogP contribution in [0.15, 0.2) is 11.6 Å². The first-order valence-electron chi connectivity index (χ1n) is 10.1. The van der Waals surface area contributed by atoms with Gasteiger partial charge in [-0.1, -0.05) is 19.9 Å². The summed E-state index contributed by atoms with van der Waals surface area (Å²) in [7, 11) is 0. The quantitative estimate of drug-likeness (QED) is 0.324. The average Bonchev–Trinajstić information content (AvgIpc) is 3.19. The summed E-state index contributed by atoms with van der Waals surface area (Å²) in [6.07, 6.45) is 1.33. The number of nitrogens with zero attached hydrogens (tertiary/aromatic N) is 1. The molecule has 0 N–H and O–H groups in total. The van der Waals surface area contributed by atoms with Crippen LogP contribution >= 0.6 is 0 Å². The van der Waals surface area contributed by atoms with E-state index in [4.69, 9.17) is 18.9 Å². The normalized spacial score (nSPS) is 23.8. The van der Waals surface area contributed by atoms with Gasteiger partial charge in [0.2, 0.25) is 5.60 Å². The lowest BCUT2D eigenvalue weighted by Crippen LogP contribution is -2.57. The van der Waals surface area contributed by atoms with Gasteiger partial charge in [0, 0.05) is 39.8 Å². The molecule has 9 heteroatoms. The predicted molar refractivity (Wildman–Crippen MR) is 105 cm³/mol. The van der Waals surface area contributed by atoms with Crippen LogP contribution in [0.5, 0.6) is 0 Å². The molecule has 2 heterocycles. The molecule has 1 saturated heterocycles. The highest BCUT2D eigenvalue weighted by Crippen LogP contribution is 2.34. The largest absolute Gasteiger partial charge is 0.460 e. The second kappa shape index (κ2) is 9.59. The molecule has 2 rings (SSSR count). The molecule has 0 aromatic carbocycles. The molecule has 0 amide bonds. The minimum absolute atomic E-state index is 0.0414. The zero-order chi connectivity index (χ0) is 22.6. The zero-order valence-corrected chi connectivity index (χ0v) is 18.4. The molecular formula is C21H31NO8. The van der Waals surface area contributed by atoms with E-state index in [1.807, 2.05) is 6.08 Å². The fraction of sp³-hybridized carbons (Fsp3) is 0.714. The molecule has 2 aliphatic heterocycles. The van der Waals surface area contributed by atoms with Crippen molar-refractivity contribution in [2.45, 2.75) is 71.8 Å². The molecule has 0 aromatic heterocycles. The lowest BCUT2D eigenvalue weighted by Gasteiger charge is -2.38. The average molecular weight is 425 g/mol. The van der Waals surface area contributed by atoms with E-state index in [0.717, 1.165) is 12.1 Å². The van der Waals surface area contributed by atoms with E-state index in [0.29, 0.717) is 13.0 Å². The highest BCUT2D eigenvalue weighted by Gasteiger charge is 2.54. The molecule has 168 valence electrons. The fourth-order valence-corrected chi connectivity index (χ4v) is 4.29. The topological polar surface area (TPSA) is 108 Å². The van der Waals surface area contributed by atoms with Gasteiger partial charge < -0.3 is 18.9 Å². The fourth-order valence-electron chi connectivity index (χ4n) is 4.29. The number of hydrogen-bond donors (Lipinski definition) is 0. The number of hydrogen-bond acceptors (Lipinski definition) is 9. The van der Waals surface area contributed by atoms with Crippen LogP contribution in [-0.4, -0.2) is 72.3 Å². The van der Waals surface area contributed by atoms with Gasteiger partial charge in [0.1, 0.15) is 18.8 Å². The summed E-state index contributed by atoms with van der Waals surface area (Å²) in [5.41, 5.74) is -0.950. The van der Waals surface area contributed by atoms with Crippen LogP contribution in [0, 0.1) is 5.92 Å². The van der Waals surface area contributed by atoms with E-state index in [1.54, 1.807) is 13.8 Å². The van der Waals surface area contributed by atoms with Crippen LogP contribution in [0.4, 0.5) is 0 Å². The standard InChI is InChI=1S/C21H31NO8/c1-12(2)21(30-16(6)25,13(3)28-14(4)23)20(26)27-11-17-7-9-22-10-8-18(19(17)22)29-15(5)24/h7,12-13,18-19H,8-11H2,1-6H3/t13-,18+,19+,21+/m0/s1. The second-order valence-corrected chi connectivity index (χ2v) is 8.02. The van der Waals surface area contributed by atoms with Gasteiger partial charge in [0.25, 0.3) is 0 Å². The van der Waals surface area contributed by atoms with Crippen LogP contribution in [0.25, 0.3) is 0 Å². The van der Waals surface area contributed by atoms with E-state index in [1.165, 1.54) is 27.7 Å². The van der Waals surface area contributed by atoms with E-state index in [-0.39, 0.29) is 24.7 Å². The number of esters is 4. The molecule has 0 spiro atoms. The van der Waals surface area contributed by atoms with E-state index < -0.39 is 35.5 Å². The van der Waals surface area contributed by atoms with Gasteiger partial charge in [-0.25, -0.2) is 4.79 Å². The van der Waals surface area contributed by atoms with Crippen LogP contribution in [-0.2, 0) is 38.1 Å². The van der Waals surface area contributed by atoms with Crippen LogP contribution in [0.3, 0.4) is 0 Å². The molecule has 1 fully saturated rings. The molecule has 0 aromatic rings. The number of rotatable bonds is 8. The van der Waals surface area contributed by atoms with Crippen LogP contribution in [0.1, 0.15) is 48.0 Å². The highest BCUT2D eigenvalue weighted by atomic mass is 16.6. The molecule has 0 aliphatic carbocycles. The Bertz CT molecular complexity index is 731. The first-order valence-corrected chi connectivity index (χ1v) is 10.1. The maximum atomic E-state index is 13.2. The SMILES string of the molecule is CC(=O)O[C@@H](C)[C@@](OC(C)=O)(C(=O)OCC1=CCN2CC[C@@H](OC(C)=O)[C@@H]12)C(C)C. The Kier molecular flexibility index (Phi) is 7.63. The first-order chi connectivity index (χ1) is 14.0. The van der Waals surface area contributed by atoms with Crippen molar-refractivity contribution in [3.8, 4) is 0 Å². The van der Waals surface area contributed by atoms with Gasteiger partial charge in [-0.15, -0.1) is 0 Å². The Hall–Kier alpha value is -2.42. The van der Waals surface area contributed by atoms with Gasteiger partial charge in [0.15, 0.2) is 0 Å². The lowest BCUT2D eigenvalue weighted by molar-refractivity contribution is -0.207. The maximum absolute atomic E-state index is 13.2. The molecule has 0 bridgehead atoms. The van der Waals surface area contributed by atoms with Gasteiger partial charge in [-0.05, 0) is 18.9 Å². The molecule has 2 aliphatic rings. The zero-order valence-electron chi connectivity index (χ0n) is 18.4. The third-order valence-electron chi connectivity index (χ3n) is 5.54. The van der Waals surface area contributed by atoms with Crippen molar-refractivity contribution in [3.63, 3.8) is 0 Å². The molecule has 0 saturated carbocycles. The van der Waals surface area contributed by atoms with Gasteiger partial charge in [0.05, 0.1) is 6.04 Å². The molecule has 9 nitrogen and oxygen atoms in total. The summed E-state index contributed by atoms with van der Waals surface area (Å²) < 4.78 is 21.6. The number of fused-ring (bicyclic) bond motifs is 1. The number of carbonyl (C=O) groups excluding carboxylic acids is 4. The van der Waals surface area contributed by atoms with Gasteiger partial charge in [-0.3, -0.25) is 19.3 Å². The predicted octanol–water partition coefficient (Wildman–Crippen LogP) is 1.39. The van der Waals surface area contributed by atoms with Crippen molar-refractivity contribution in [3.05, 3.63) is 11.6 Å². The summed E-state index contributed by atoms with van der Waals surface area (Å²) in [6.45, 7) is 10.1. The minimum Gasteiger partial charge on any atom is -0.460 e. The van der Waals surface area contributed by atoms with Crippen molar-refractivity contribution >= 4 is 23.9 Å². The van der Waals surface area contributed by atoms with Gasteiger partial charge in [-0.2, -0.15) is 0 Å². The van der Waals surface area contributed by atoms with Crippen molar-refractivity contribution in [2.24, 2.45) is 5.92 Å². The Balaban J connectivity index is 2.18. The molecule has 0 unspecified atom stereocenters. The summed E-state index contributed by atoms with van der Waals surface area (Å²) in [6, 6.07) is -0.144. The molecule has 0 radical (unpaired) electrons. The number of ether oxygens (including phenoxy) is 4. The maximum Gasteiger partial charge on any atom is 0.355 e. The van der Waals surface area contributed by atoms with Gasteiger partial charge >= 0.3 is 23.9 Å². The minimum atomic E-state index is -1.78. The van der Waals surface area contributed by atoms with Crippen molar-refractivity contribution in [1.82, 2.24) is 4.90 Å². The third kappa shape index (κ3) is 5.00. The van der Waals surface area contributed by atoms with Crippen molar-refractivity contribution in [2.75, 3.05) is 19.7 Å². The Morgan fingerprint density at radius 1 is 1.10 bits per heavy atom. The molecular weight excluding hydrogens is 394 g/mol. The monoisotopic (exact) mass is 425 g/mol. The Morgan fingerprint density at radius 2 is 1.77 bits per heavy atom. The van der Waals surface area contributed by atoms with E-state index >= 15 is 0 Å². The second-order valence-electron chi connectivity index (χ2n) is 8.02. The van der Waals surface area contributed by atoms with Crippen molar-refractivity contribution in [1.29, 1.82) is 0 Å². The summed E-state index contributed by atoms with van der Waals surface area (Å²) >= 11 is 0. The molecule has 30 heavy (non-hydrogen) atoms. The van der Waals surface area contributed by atoms with Crippen molar-refractivity contribution < 1.29 is 38.1 Å². The van der Waals surface area contributed by atoms with Crippen LogP contribution < -0.4 is 0 Å². The summed E-state index contributed by atoms with van der Waals surface area (Å²) in [5, 5.41) is 0. The third-order valence-corrected chi connectivity index (χ3v) is 5.54. The first kappa shape index (κ1) is 23.9.